The van der Waals surface area contributed by atoms with Crippen molar-refractivity contribution in [1.82, 2.24) is 10.4 Å². The van der Waals surface area contributed by atoms with E-state index in [1.807, 2.05) is 80.7 Å². The van der Waals surface area contributed by atoms with Crippen molar-refractivity contribution in [1.29, 1.82) is 0 Å². The Kier molecular flexibility index (Phi) is 11.8. The molecule has 43 heavy (non-hydrogen) atoms. The number of aliphatic hydroxyl groups excluding tert-OH is 2. The van der Waals surface area contributed by atoms with Gasteiger partial charge in [0.2, 0.25) is 11.8 Å². The van der Waals surface area contributed by atoms with Gasteiger partial charge in [0.05, 0.1) is 24.9 Å². The lowest BCUT2D eigenvalue weighted by Gasteiger charge is -2.39. The number of ether oxygens (including phenoxy) is 2. The highest BCUT2D eigenvalue weighted by molar-refractivity contribution is 5.91. The predicted octanol–water partition coefficient (Wildman–Crippen LogP) is 4.39. The molecule has 1 aliphatic heterocycles. The first-order valence-electron chi connectivity index (χ1n) is 14.5. The van der Waals surface area contributed by atoms with Crippen LogP contribution in [0.15, 0.2) is 78.9 Å². The van der Waals surface area contributed by atoms with Gasteiger partial charge in [0, 0.05) is 43.1 Å². The van der Waals surface area contributed by atoms with Gasteiger partial charge in [0.25, 0.3) is 0 Å². The molecule has 0 bridgehead atoms. The molecule has 0 aliphatic carbocycles. The first kappa shape index (κ1) is 32.3. The standard InChI is InChI=1S/C33H41N3O7/c1-22(32(40)25-7-4-3-5-8-25)36(2)20-28-19-29(24-13-11-23(21-37)12-14-24)43-33(42-28)26-15-17-27(18-16-26)34-30(38)9-6-10-31(39)35-41/h3-5,7-8,11-18,22,28-29,32-33,37,40-41H,6,9-10,19-21H2,1-2H3,(H,34,38)(H,35,39)/t22-,28+,29-,32-,33-/m0/s1. The minimum absolute atomic E-state index is 0.0343. The van der Waals surface area contributed by atoms with Crippen molar-refractivity contribution >= 4 is 17.5 Å². The Morgan fingerprint density at radius 2 is 1.58 bits per heavy atom. The molecule has 0 spiro atoms. The van der Waals surface area contributed by atoms with Crippen LogP contribution in [0.5, 0.6) is 0 Å². The molecule has 0 aromatic heterocycles. The number of carbonyl (C=O) groups is 2. The van der Waals surface area contributed by atoms with E-state index in [2.05, 4.69) is 10.2 Å². The monoisotopic (exact) mass is 591 g/mol. The first-order chi connectivity index (χ1) is 20.8. The van der Waals surface area contributed by atoms with Crippen LogP contribution in [0.25, 0.3) is 0 Å². The van der Waals surface area contributed by atoms with Gasteiger partial charge in [-0.2, -0.15) is 0 Å². The van der Waals surface area contributed by atoms with Crippen LogP contribution in [0.2, 0.25) is 0 Å². The van der Waals surface area contributed by atoms with E-state index in [4.69, 9.17) is 14.7 Å². The van der Waals surface area contributed by atoms with Crippen molar-refractivity contribution in [2.24, 2.45) is 0 Å². The summed E-state index contributed by atoms with van der Waals surface area (Å²) in [6.45, 7) is 2.53. The molecule has 230 valence electrons. The number of nitrogens with one attached hydrogen (secondary N) is 2. The molecule has 3 aromatic rings. The van der Waals surface area contributed by atoms with E-state index in [-0.39, 0.29) is 43.6 Å². The van der Waals surface area contributed by atoms with Crippen molar-refractivity contribution in [2.45, 2.75) is 69.9 Å². The number of anilines is 1. The molecule has 0 saturated carbocycles. The number of hydrogen-bond acceptors (Lipinski definition) is 8. The Balaban J connectivity index is 1.45. The molecule has 4 rings (SSSR count). The maximum Gasteiger partial charge on any atom is 0.243 e. The van der Waals surface area contributed by atoms with Crippen LogP contribution in [0, 0.1) is 0 Å². The summed E-state index contributed by atoms with van der Waals surface area (Å²) >= 11 is 0. The Hall–Kier alpha value is -3.64. The number of hydrogen-bond donors (Lipinski definition) is 5. The Morgan fingerprint density at radius 1 is 0.930 bits per heavy atom. The summed E-state index contributed by atoms with van der Waals surface area (Å²) in [6, 6.07) is 24.4. The van der Waals surface area contributed by atoms with Gasteiger partial charge >= 0.3 is 0 Å². The number of carbonyl (C=O) groups excluding carboxylic acids is 2. The predicted molar refractivity (Wildman–Crippen MR) is 161 cm³/mol. The molecule has 1 heterocycles. The van der Waals surface area contributed by atoms with Gasteiger partial charge in [0.15, 0.2) is 6.29 Å². The van der Waals surface area contributed by atoms with Gasteiger partial charge < -0.3 is 25.0 Å². The van der Waals surface area contributed by atoms with Crippen molar-refractivity contribution < 1.29 is 34.5 Å². The fraction of sp³-hybridized carbons (Fsp3) is 0.394. The van der Waals surface area contributed by atoms with Crippen LogP contribution in [0.3, 0.4) is 0 Å². The molecule has 3 aromatic carbocycles. The second-order valence-corrected chi connectivity index (χ2v) is 10.9. The fourth-order valence-corrected chi connectivity index (χ4v) is 5.10. The second-order valence-electron chi connectivity index (χ2n) is 10.9. The lowest BCUT2D eigenvalue weighted by molar-refractivity contribution is -0.253. The Morgan fingerprint density at radius 3 is 2.23 bits per heavy atom. The Labute approximate surface area is 252 Å². The highest BCUT2D eigenvalue weighted by Crippen LogP contribution is 2.38. The fourth-order valence-electron chi connectivity index (χ4n) is 5.10. The maximum absolute atomic E-state index is 12.3. The number of likely N-dealkylation sites (N-methyl/N-ethyl adjacent to an activating group) is 1. The largest absolute Gasteiger partial charge is 0.392 e. The third-order valence-electron chi connectivity index (χ3n) is 7.80. The molecule has 5 N–H and O–H groups in total. The number of rotatable bonds is 13. The van der Waals surface area contributed by atoms with Gasteiger partial charge in [-0.25, -0.2) is 5.48 Å². The highest BCUT2D eigenvalue weighted by atomic mass is 16.7. The summed E-state index contributed by atoms with van der Waals surface area (Å²) in [5.74, 6) is -0.761. The molecule has 1 fully saturated rings. The van der Waals surface area contributed by atoms with Crippen LogP contribution in [0.4, 0.5) is 5.69 Å². The molecule has 0 radical (unpaired) electrons. The average molecular weight is 592 g/mol. The van der Waals surface area contributed by atoms with E-state index in [0.29, 0.717) is 25.1 Å². The summed E-state index contributed by atoms with van der Waals surface area (Å²) in [5, 5.41) is 31.9. The number of benzene rings is 3. The average Bonchev–Trinajstić information content (AvgIpc) is 3.04. The quantitative estimate of drug-likeness (QED) is 0.146. The van der Waals surface area contributed by atoms with Gasteiger partial charge in [-0.3, -0.25) is 19.7 Å². The zero-order chi connectivity index (χ0) is 30.8. The van der Waals surface area contributed by atoms with Crippen LogP contribution in [-0.4, -0.2) is 57.9 Å². The van der Waals surface area contributed by atoms with Crippen LogP contribution in [0.1, 0.15) is 73.4 Å². The summed E-state index contributed by atoms with van der Waals surface area (Å²) < 4.78 is 12.9. The van der Waals surface area contributed by atoms with E-state index < -0.39 is 18.3 Å². The smallest absolute Gasteiger partial charge is 0.243 e. The summed E-state index contributed by atoms with van der Waals surface area (Å²) in [5.41, 5.74) is 5.61. The number of amides is 2. The van der Waals surface area contributed by atoms with Gasteiger partial charge in [-0.05, 0) is 49.2 Å². The van der Waals surface area contributed by atoms with E-state index >= 15 is 0 Å². The van der Waals surface area contributed by atoms with E-state index in [9.17, 15) is 19.8 Å². The summed E-state index contributed by atoms with van der Waals surface area (Å²) in [4.78, 5) is 25.5. The molecule has 10 nitrogen and oxygen atoms in total. The second kappa shape index (κ2) is 15.7. The topological polar surface area (TPSA) is 141 Å². The lowest BCUT2D eigenvalue weighted by Crippen LogP contribution is -2.43. The minimum Gasteiger partial charge on any atom is -0.392 e. The maximum atomic E-state index is 12.3. The first-order valence-corrected chi connectivity index (χ1v) is 14.5. The van der Waals surface area contributed by atoms with Crippen LogP contribution in [-0.2, 0) is 25.7 Å². The van der Waals surface area contributed by atoms with Crippen molar-refractivity contribution in [3.05, 3.63) is 101 Å². The molecule has 1 saturated heterocycles. The van der Waals surface area contributed by atoms with Gasteiger partial charge in [0.1, 0.15) is 0 Å². The van der Waals surface area contributed by atoms with Crippen LogP contribution < -0.4 is 10.8 Å². The van der Waals surface area contributed by atoms with E-state index in [1.54, 1.807) is 17.6 Å². The highest BCUT2D eigenvalue weighted by Gasteiger charge is 2.34. The van der Waals surface area contributed by atoms with Crippen molar-refractivity contribution in [3.63, 3.8) is 0 Å². The zero-order valence-electron chi connectivity index (χ0n) is 24.6. The molecular formula is C33H41N3O7. The lowest BCUT2D eigenvalue weighted by atomic mass is 9.98. The molecule has 2 amide bonds. The number of nitrogens with zero attached hydrogens (tertiary/aromatic N) is 1. The molecule has 1 aliphatic rings. The van der Waals surface area contributed by atoms with Gasteiger partial charge in [-0.15, -0.1) is 0 Å². The van der Waals surface area contributed by atoms with E-state index in [0.717, 1.165) is 22.3 Å². The van der Waals surface area contributed by atoms with Crippen molar-refractivity contribution in [3.8, 4) is 0 Å². The normalized spacial score (nSPS) is 19.9. The zero-order valence-corrected chi connectivity index (χ0v) is 24.6. The molecule has 5 atom stereocenters. The molecule has 10 heteroatoms. The number of aliphatic hydroxyl groups is 2. The summed E-state index contributed by atoms with van der Waals surface area (Å²) in [7, 11) is 1.98. The van der Waals surface area contributed by atoms with E-state index in [1.165, 1.54) is 0 Å². The molecule has 0 unspecified atom stereocenters. The van der Waals surface area contributed by atoms with Crippen molar-refractivity contribution in [2.75, 3.05) is 18.9 Å². The third kappa shape index (κ3) is 9.17. The third-order valence-corrected chi connectivity index (χ3v) is 7.80. The SMILES string of the molecule is C[C@@H]([C@H](O)c1ccccc1)N(C)C[C@H]1C[C@@H](c2ccc(CO)cc2)O[C@@H](c2ccc(NC(=O)CCCC(=O)NO)cc2)O1. The van der Waals surface area contributed by atoms with Gasteiger partial charge in [-0.1, -0.05) is 66.7 Å². The van der Waals surface area contributed by atoms with Crippen LogP contribution >= 0.6 is 0 Å². The number of hydroxylamine groups is 1. The Bertz CT molecular complexity index is 1300. The minimum atomic E-state index is -0.661. The summed E-state index contributed by atoms with van der Waals surface area (Å²) in [6.07, 6.45) is -0.643. The molecular weight excluding hydrogens is 550 g/mol.